The summed E-state index contributed by atoms with van der Waals surface area (Å²) in [4.78, 5) is 31.1. The first-order chi connectivity index (χ1) is 19.5. The van der Waals surface area contributed by atoms with Crippen LogP contribution in [0.3, 0.4) is 0 Å². The van der Waals surface area contributed by atoms with Crippen molar-refractivity contribution in [3.8, 4) is 0 Å². The largest absolute Gasteiger partial charge is 0.469 e. The number of methoxy groups -OCH3 is 2. The first kappa shape index (κ1) is 35.0. The lowest BCUT2D eigenvalue weighted by molar-refractivity contribution is -0.148. The summed E-state index contributed by atoms with van der Waals surface area (Å²) in [5, 5.41) is 3.77. The van der Waals surface area contributed by atoms with Crippen molar-refractivity contribution in [1.82, 2.24) is 15.2 Å². The van der Waals surface area contributed by atoms with E-state index in [1.54, 1.807) is 12.0 Å². The number of esters is 1. The first-order valence-corrected chi connectivity index (χ1v) is 15.2. The van der Waals surface area contributed by atoms with Gasteiger partial charge in [0.25, 0.3) is 0 Å². The van der Waals surface area contributed by atoms with Gasteiger partial charge >= 0.3 is 12.1 Å². The molecule has 0 aromatic carbocycles. The van der Waals surface area contributed by atoms with Crippen molar-refractivity contribution >= 4 is 11.9 Å². The molecule has 0 saturated heterocycles. The summed E-state index contributed by atoms with van der Waals surface area (Å²) >= 11 is 0. The fourth-order valence-electron chi connectivity index (χ4n) is 6.37. The molecule has 6 atom stereocenters. The van der Waals surface area contributed by atoms with Crippen LogP contribution < -0.4 is 5.32 Å². The van der Waals surface area contributed by atoms with E-state index in [4.69, 9.17) is 9.47 Å². The van der Waals surface area contributed by atoms with E-state index in [2.05, 4.69) is 31.1 Å². The zero-order valence-electron chi connectivity index (χ0n) is 25.9. The van der Waals surface area contributed by atoms with Gasteiger partial charge in [0.2, 0.25) is 5.91 Å². The Morgan fingerprint density at radius 2 is 1.78 bits per heavy atom. The van der Waals surface area contributed by atoms with Crippen LogP contribution in [0.4, 0.5) is 13.2 Å². The molecule has 1 amide bonds. The van der Waals surface area contributed by atoms with E-state index < -0.39 is 11.7 Å². The minimum Gasteiger partial charge on any atom is -0.469 e. The highest BCUT2D eigenvalue weighted by molar-refractivity contribution is 5.79. The summed E-state index contributed by atoms with van der Waals surface area (Å²) < 4.78 is 49.8. The van der Waals surface area contributed by atoms with Gasteiger partial charge in [-0.05, 0) is 55.6 Å². The average molecular weight is 586 g/mol. The summed E-state index contributed by atoms with van der Waals surface area (Å²) in [6.45, 7) is 11.6. The number of carbonyl (C=O) groups excluding carboxylic acids is 2. The van der Waals surface area contributed by atoms with Crippen molar-refractivity contribution in [2.45, 2.75) is 104 Å². The topological polar surface area (TPSA) is 80.8 Å². The molecular weight excluding hydrogens is 535 g/mol. The maximum atomic E-state index is 13.3. The third-order valence-corrected chi connectivity index (χ3v) is 8.17. The molecule has 2 aliphatic carbocycles. The second kappa shape index (κ2) is 16.4. The van der Waals surface area contributed by atoms with Gasteiger partial charge in [0.15, 0.2) is 0 Å². The summed E-state index contributed by atoms with van der Waals surface area (Å²) in [6.07, 6.45) is 1.91. The Hall–Kier alpha value is -2.20. The summed E-state index contributed by atoms with van der Waals surface area (Å²) in [7, 11) is 3.09. The number of ether oxygens (including phenoxy) is 2. The Morgan fingerprint density at radius 3 is 2.39 bits per heavy atom. The molecule has 41 heavy (non-hydrogen) atoms. The van der Waals surface area contributed by atoms with Crippen molar-refractivity contribution in [2.75, 3.05) is 27.4 Å². The lowest BCUT2D eigenvalue weighted by Crippen LogP contribution is -2.51. The molecule has 4 rings (SSSR count). The minimum atomic E-state index is -4.45. The molecule has 234 valence electrons. The lowest BCUT2D eigenvalue weighted by atomic mass is 9.72. The highest BCUT2D eigenvalue weighted by Crippen LogP contribution is 2.37. The molecule has 2 saturated carbocycles. The maximum absolute atomic E-state index is 13.3. The number of carbonyl (C=O) groups is 2. The monoisotopic (exact) mass is 585 g/mol. The molecule has 3 aliphatic rings. The van der Waals surface area contributed by atoms with Crippen LogP contribution in [0.15, 0.2) is 12.3 Å². The fourth-order valence-corrected chi connectivity index (χ4v) is 6.37. The Balaban J connectivity index is 0.00000110. The number of hydrogen-bond acceptors (Lipinski definition) is 6. The number of alkyl halides is 3. The third kappa shape index (κ3) is 9.40. The van der Waals surface area contributed by atoms with Gasteiger partial charge in [-0.2, -0.15) is 13.2 Å². The van der Waals surface area contributed by atoms with Gasteiger partial charge in [0.1, 0.15) is 0 Å². The van der Waals surface area contributed by atoms with Gasteiger partial charge in [-0.25, -0.2) is 0 Å². The quantitative estimate of drug-likeness (QED) is 0.411. The number of pyridine rings is 1. The Bertz CT molecular complexity index is 974. The molecule has 1 aromatic rings. The Kier molecular flexibility index (Phi) is 14.0. The molecule has 7 nitrogen and oxygen atoms in total. The molecule has 0 bridgehead atoms. The molecule has 1 aromatic heterocycles. The average Bonchev–Trinajstić information content (AvgIpc) is 3.43. The van der Waals surface area contributed by atoms with Crippen LogP contribution in [-0.4, -0.2) is 61.2 Å². The summed E-state index contributed by atoms with van der Waals surface area (Å²) in [5.74, 6) is -0.00845. The molecular formula is C31H50F3N3O4. The van der Waals surface area contributed by atoms with E-state index in [1.165, 1.54) is 13.5 Å². The molecule has 2 fully saturated rings. The predicted molar refractivity (Wildman–Crippen MR) is 153 cm³/mol. The number of halogens is 3. The Labute approximate surface area is 243 Å². The predicted octanol–water partition coefficient (Wildman–Crippen LogP) is 6.04. The number of nitrogens with zero attached hydrogens (tertiary/aromatic N) is 2. The van der Waals surface area contributed by atoms with Crippen molar-refractivity contribution in [3.05, 3.63) is 29.1 Å². The van der Waals surface area contributed by atoms with Crippen LogP contribution in [-0.2, 0) is 38.2 Å². The zero-order chi connectivity index (χ0) is 30.7. The molecule has 10 heteroatoms. The van der Waals surface area contributed by atoms with Crippen LogP contribution in [0.5, 0.6) is 0 Å². The SMILES string of the molecule is CC.CCC.COCC1CC(C(=O)OC)CC(C)C1NC1CCC(C(=O)N2CCc3ncc(C(F)(F)F)cc3C2)C1. The fraction of sp³-hybridized carbons (Fsp3) is 0.774. The smallest absolute Gasteiger partial charge is 0.417 e. The minimum absolute atomic E-state index is 0.0123. The summed E-state index contributed by atoms with van der Waals surface area (Å²) in [5.41, 5.74) is 0.344. The second-order valence-corrected chi connectivity index (χ2v) is 11.3. The normalized spacial score (nSPS) is 27.5. The lowest BCUT2D eigenvalue weighted by Gasteiger charge is -2.41. The maximum Gasteiger partial charge on any atom is 0.417 e. The van der Waals surface area contributed by atoms with Crippen molar-refractivity contribution in [1.29, 1.82) is 0 Å². The van der Waals surface area contributed by atoms with E-state index in [0.717, 1.165) is 31.5 Å². The van der Waals surface area contributed by atoms with Crippen LogP contribution in [0, 0.1) is 23.7 Å². The number of rotatable bonds is 6. The van der Waals surface area contributed by atoms with Gasteiger partial charge in [0, 0.05) is 56.5 Å². The van der Waals surface area contributed by atoms with E-state index in [0.29, 0.717) is 43.7 Å². The molecule has 0 spiro atoms. The van der Waals surface area contributed by atoms with E-state index in [9.17, 15) is 22.8 Å². The number of fused-ring (bicyclic) bond motifs is 1. The summed E-state index contributed by atoms with van der Waals surface area (Å²) in [6, 6.07) is 1.48. The highest BCUT2D eigenvalue weighted by atomic mass is 19.4. The van der Waals surface area contributed by atoms with Crippen molar-refractivity contribution in [2.24, 2.45) is 23.7 Å². The van der Waals surface area contributed by atoms with Crippen LogP contribution >= 0.6 is 0 Å². The van der Waals surface area contributed by atoms with E-state index in [1.807, 2.05) is 13.8 Å². The van der Waals surface area contributed by atoms with E-state index in [-0.39, 0.29) is 54.2 Å². The van der Waals surface area contributed by atoms with Crippen LogP contribution in [0.25, 0.3) is 0 Å². The number of amides is 1. The molecule has 1 N–H and O–H groups in total. The van der Waals surface area contributed by atoms with Gasteiger partial charge in [0.05, 0.1) is 25.2 Å². The first-order valence-electron chi connectivity index (χ1n) is 15.2. The molecule has 2 heterocycles. The van der Waals surface area contributed by atoms with Crippen LogP contribution in [0.2, 0.25) is 0 Å². The number of aromatic nitrogens is 1. The van der Waals surface area contributed by atoms with Gasteiger partial charge < -0.3 is 19.7 Å². The molecule has 0 radical (unpaired) electrons. The van der Waals surface area contributed by atoms with Gasteiger partial charge in [-0.3, -0.25) is 14.6 Å². The number of nitrogens with one attached hydrogen (secondary N) is 1. The molecule has 1 aliphatic heterocycles. The van der Waals surface area contributed by atoms with Gasteiger partial charge in [-0.15, -0.1) is 0 Å². The molecule has 6 unspecified atom stereocenters. The van der Waals surface area contributed by atoms with Crippen LogP contribution in [0.1, 0.15) is 90.0 Å². The zero-order valence-corrected chi connectivity index (χ0v) is 25.9. The van der Waals surface area contributed by atoms with Crippen molar-refractivity contribution < 1.29 is 32.2 Å². The highest BCUT2D eigenvalue weighted by Gasteiger charge is 2.42. The third-order valence-electron chi connectivity index (χ3n) is 8.17. The van der Waals surface area contributed by atoms with Crippen molar-refractivity contribution in [3.63, 3.8) is 0 Å². The number of hydrogen-bond donors (Lipinski definition) is 1. The standard InChI is InChI=1S/C26H36F3N3O4.C3H8.C2H6/c1-15-8-17(25(34)36-3)9-19(14-35-2)23(15)31-21-5-4-16(11-21)24(33)32-7-6-22-18(13-32)10-20(12-30-22)26(27,28)29;1-3-2;1-2/h10,12,15-17,19,21,23,31H,4-9,11,13-14H2,1-3H3;3H2,1-2H3;1-2H3. The second-order valence-electron chi connectivity index (χ2n) is 11.3. The van der Waals surface area contributed by atoms with Gasteiger partial charge in [-0.1, -0.05) is 41.0 Å². The Morgan fingerprint density at radius 1 is 1.10 bits per heavy atom. The van der Waals surface area contributed by atoms with E-state index >= 15 is 0 Å².